The average Bonchev–Trinajstić information content (AvgIpc) is 2.75. The number of benzene rings is 1. The Balaban J connectivity index is 2.13. The van der Waals surface area contributed by atoms with E-state index in [1.807, 2.05) is 10.1 Å². The fraction of sp³-hybridized carbons (Fsp3) is 0.143. The SMILES string of the molecule is O=C1c2nc3c(Cl)cc(Cl)cc3c(=O)n2C2C=CI=CC12. The summed E-state index contributed by atoms with van der Waals surface area (Å²) in [6, 6.07) is 2.81. The third-order valence-electron chi connectivity index (χ3n) is 3.66. The van der Waals surface area contributed by atoms with Gasteiger partial charge in [-0.15, -0.1) is 0 Å². The summed E-state index contributed by atoms with van der Waals surface area (Å²) in [6.07, 6.45) is 1.94. The first kappa shape index (κ1) is 13.6. The first-order valence-corrected chi connectivity index (χ1v) is 9.40. The topological polar surface area (TPSA) is 52.0 Å². The van der Waals surface area contributed by atoms with Gasteiger partial charge < -0.3 is 0 Å². The molecule has 21 heavy (non-hydrogen) atoms. The van der Waals surface area contributed by atoms with E-state index >= 15 is 0 Å². The number of Topliss-reactive ketones (excluding diaryl/α,β-unsaturated/α-hetero) is 1. The number of aromatic nitrogens is 2. The van der Waals surface area contributed by atoms with E-state index < -0.39 is 0 Å². The molecule has 0 spiro atoms. The van der Waals surface area contributed by atoms with E-state index in [4.69, 9.17) is 23.2 Å². The monoisotopic (exact) mass is 432 g/mol. The number of halogens is 3. The van der Waals surface area contributed by atoms with Gasteiger partial charge in [0.2, 0.25) is 5.78 Å². The molecule has 0 aliphatic carbocycles. The highest BCUT2D eigenvalue weighted by Crippen LogP contribution is 2.35. The summed E-state index contributed by atoms with van der Waals surface area (Å²) in [5.41, 5.74) is 0.0707. The lowest BCUT2D eigenvalue weighted by atomic mass is 10.0. The first-order chi connectivity index (χ1) is 10.1. The number of hydrogen-bond acceptors (Lipinski definition) is 3. The molecule has 4 rings (SSSR count). The highest BCUT2D eigenvalue weighted by molar-refractivity contribution is 14.2. The minimum absolute atomic E-state index is 0.103. The second kappa shape index (κ2) is 4.72. The van der Waals surface area contributed by atoms with Crippen molar-refractivity contribution in [3.63, 3.8) is 0 Å². The molecule has 2 unspecified atom stereocenters. The molecule has 0 fully saturated rings. The summed E-state index contributed by atoms with van der Waals surface area (Å²) in [5, 5.41) is 1.01. The van der Waals surface area contributed by atoms with E-state index in [1.54, 1.807) is 6.07 Å². The second-order valence-corrected chi connectivity index (χ2v) is 7.85. The molecule has 0 N–H and O–H groups in total. The van der Waals surface area contributed by atoms with Crippen molar-refractivity contribution in [2.45, 2.75) is 6.04 Å². The average molecular weight is 433 g/mol. The Labute approximate surface area is 139 Å². The van der Waals surface area contributed by atoms with Crippen molar-refractivity contribution < 1.29 is 4.79 Å². The van der Waals surface area contributed by atoms with Crippen LogP contribution in [0.2, 0.25) is 10.0 Å². The van der Waals surface area contributed by atoms with Crippen molar-refractivity contribution in [2.75, 3.05) is 0 Å². The Morgan fingerprint density at radius 1 is 1.24 bits per heavy atom. The number of ketones is 1. The van der Waals surface area contributed by atoms with Gasteiger partial charge >= 0.3 is 0 Å². The lowest BCUT2D eigenvalue weighted by molar-refractivity contribution is 0.0963. The predicted molar refractivity (Wildman–Crippen MR) is 92.1 cm³/mol. The van der Waals surface area contributed by atoms with Gasteiger partial charge in [-0.1, -0.05) is 50.0 Å². The molecule has 0 amide bonds. The zero-order chi connectivity index (χ0) is 14.7. The van der Waals surface area contributed by atoms with Crippen LogP contribution in [-0.2, 0) is 0 Å². The smallest absolute Gasteiger partial charge is 0.262 e. The van der Waals surface area contributed by atoms with Gasteiger partial charge in [0, 0.05) is 5.02 Å². The molecule has 2 aliphatic rings. The van der Waals surface area contributed by atoms with E-state index in [0.717, 1.165) is 0 Å². The molecule has 2 aliphatic heterocycles. The maximum atomic E-state index is 12.7. The van der Waals surface area contributed by atoms with E-state index in [1.165, 1.54) is 10.6 Å². The Morgan fingerprint density at radius 3 is 2.86 bits per heavy atom. The molecule has 1 aromatic heterocycles. The Hall–Kier alpha value is -1.05. The van der Waals surface area contributed by atoms with Crippen LogP contribution in [0.25, 0.3) is 10.9 Å². The summed E-state index contributed by atoms with van der Waals surface area (Å²) in [5.74, 6) is -0.179. The van der Waals surface area contributed by atoms with Gasteiger partial charge in [-0.05, 0) is 20.2 Å². The molecule has 0 saturated heterocycles. The summed E-state index contributed by atoms with van der Waals surface area (Å²) >= 11 is 11.9. The lowest BCUT2D eigenvalue weighted by Gasteiger charge is -2.15. The molecule has 1 aromatic carbocycles. The van der Waals surface area contributed by atoms with E-state index in [-0.39, 0.29) is 54.9 Å². The van der Waals surface area contributed by atoms with Crippen LogP contribution in [0.5, 0.6) is 0 Å². The number of carbonyl (C=O) groups excluding carboxylic acids is 1. The van der Waals surface area contributed by atoms with E-state index in [2.05, 4.69) is 9.07 Å². The molecule has 2 aromatic rings. The molecule has 0 bridgehead atoms. The number of fused-ring (bicyclic) bond motifs is 4. The number of hydrogen-bond donors (Lipinski definition) is 0. The number of allylic oxidation sites excluding steroid dienone is 1. The highest BCUT2D eigenvalue weighted by Gasteiger charge is 2.40. The van der Waals surface area contributed by atoms with Crippen molar-refractivity contribution >= 4 is 64.6 Å². The molecular weight excluding hydrogens is 426 g/mol. The van der Waals surface area contributed by atoms with Gasteiger partial charge in [-0.2, -0.15) is 0 Å². The molecule has 7 heteroatoms. The van der Waals surface area contributed by atoms with Crippen LogP contribution in [0, 0.1) is 5.92 Å². The highest BCUT2D eigenvalue weighted by atomic mass is 127. The minimum atomic E-state index is -0.269. The maximum absolute atomic E-state index is 12.7. The minimum Gasteiger partial charge on any atom is -0.290 e. The van der Waals surface area contributed by atoms with Gasteiger partial charge in [-0.25, -0.2) is 4.98 Å². The molecular formula is C14H7Cl2IN2O2. The number of carbonyl (C=O) groups is 1. The maximum Gasteiger partial charge on any atom is 0.262 e. The van der Waals surface area contributed by atoms with Crippen LogP contribution >= 0.6 is 43.9 Å². The fourth-order valence-corrected chi connectivity index (χ4v) is 5.36. The second-order valence-electron chi connectivity index (χ2n) is 4.85. The Bertz CT molecular complexity index is 933. The van der Waals surface area contributed by atoms with Crippen molar-refractivity contribution in [1.82, 2.24) is 9.55 Å². The molecule has 0 radical (unpaired) electrons. The summed E-state index contributed by atoms with van der Waals surface area (Å²) in [4.78, 5) is 29.5. The van der Waals surface area contributed by atoms with Crippen LogP contribution < -0.4 is 5.56 Å². The lowest BCUT2D eigenvalue weighted by Crippen LogP contribution is -2.25. The quantitative estimate of drug-likeness (QED) is 0.600. The van der Waals surface area contributed by atoms with E-state index in [9.17, 15) is 9.59 Å². The van der Waals surface area contributed by atoms with Gasteiger partial charge in [0.25, 0.3) is 5.56 Å². The number of nitrogens with zero attached hydrogens (tertiary/aromatic N) is 2. The van der Waals surface area contributed by atoms with Gasteiger partial charge in [0.05, 0.1) is 27.9 Å². The molecule has 4 nitrogen and oxygen atoms in total. The molecule has 0 saturated carbocycles. The van der Waals surface area contributed by atoms with Crippen molar-refractivity contribution in [3.05, 3.63) is 48.5 Å². The van der Waals surface area contributed by atoms with Crippen LogP contribution in [0.15, 0.2) is 27.1 Å². The summed E-state index contributed by atoms with van der Waals surface area (Å²) in [7, 11) is 0. The Morgan fingerprint density at radius 2 is 2.05 bits per heavy atom. The van der Waals surface area contributed by atoms with Crippen LogP contribution in [-0.4, -0.2) is 19.3 Å². The zero-order valence-corrected chi connectivity index (χ0v) is 14.1. The number of rotatable bonds is 0. The van der Waals surface area contributed by atoms with Crippen LogP contribution in [0.1, 0.15) is 16.7 Å². The fourth-order valence-electron chi connectivity index (χ4n) is 2.72. The third-order valence-corrected chi connectivity index (χ3v) is 6.19. The normalized spacial score (nSPS) is 23.0. The van der Waals surface area contributed by atoms with Crippen LogP contribution in [0.4, 0.5) is 0 Å². The van der Waals surface area contributed by atoms with Gasteiger partial charge in [0.15, 0.2) is 5.82 Å². The largest absolute Gasteiger partial charge is 0.290 e. The van der Waals surface area contributed by atoms with Crippen molar-refractivity contribution in [2.24, 2.45) is 5.92 Å². The molecule has 106 valence electrons. The van der Waals surface area contributed by atoms with Gasteiger partial charge in [-0.3, -0.25) is 14.2 Å². The van der Waals surface area contributed by atoms with Crippen LogP contribution in [0.3, 0.4) is 0 Å². The zero-order valence-electron chi connectivity index (χ0n) is 10.4. The molecule has 2 atom stereocenters. The van der Waals surface area contributed by atoms with Gasteiger partial charge in [0.1, 0.15) is 0 Å². The summed E-state index contributed by atoms with van der Waals surface area (Å²) in [6.45, 7) is 0. The van der Waals surface area contributed by atoms with Crippen molar-refractivity contribution in [1.29, 1.82) is 0 Å². The third kappa shape index (κ3) is 1.87. The first-order valence-electron chi connectivity index (χ1n) is 6.15. The summed E-state index contributed by atoms with van der Waals surface area (Å²) < 4.78 is 5.56. The Kier molecular flexibility index (Phi) is 3.06. The standard InChI is InChI=1S/C14H7Cl2IN2O2/c15-6-3-7-11(9(16)4-6)18-13-12(20)8-5-17-2-1-10(8)19(13)14(7)21/h1-5,8,10H. The van der Waals surface area contributed by atoms with Crippen molar-refractivity contribution in [3.8, 4) is 0 Å². The van der Waals surface area contributed by atoms with E-state index in [0.29, 0.717) is 15.9 Å². The molecule has 3 heterocycles. The predicted octanol–water partition coefficient (Wildman–Crippen LogP) is 3.36.